The van der Waals surface area contributed by atoms with Crippen molar-refractivity contribution in [2.75, 3.05) is 13.6 Å². The maximum absolute atomic E-state index is 12.1. The summed E-state index contributed by atoms with van der Waals surface area (Å²) in [6.07, 6.45) is 8.01. The third-order valence-electron chi connectivity index (χ3n) is 3.07. The van der Waals surface area contributed by atoms with E-state index in [9.17, 15) is 4.79 Å². The van der Waals surface area contributed by atoms with Gasteiger partial charge in [0.15, 0.2) is 0 Å². The molecule has 0 fully saturated rings. The first-order chi connectivity index (χ1) is 8.47. The second kappa shape index (κ2) is 6.54. The van der Waals surface area contributed by atoms with E-state index in [0.29, 0.717) is 6.54 Å². The van der Waals surface area contributed by atoms with Crippen LogP contribution in [0.15, 0.2) is 18.7 Å². The maximum Gasteiger partial charge on any atom is 0.242 e. The number of likely N-dealkylation sites (N-methyl/N-ethyl adjacent to an activating group) is 1. The van der Waals surface area contributed by atoms with Crippen molar-refractivity contribution in [1.82, 2.24) is 14.5 Å². The highest BCUT2D eigenvalue weighted by Crippen LogP contribution is 2.12. The summed E-state index contributed by atoms with van der Waals surface area (Å²) < 4.78 is 2.01. The van der Waals surface area contributed by atoms with Crippen molar-refractivity contribution in [3.05, 3.63) is 18.7 Å². The molecule has 1 rings (SSSR count). The van der Waals surface area contributed by atoms with Crippen LogP contribution in [0.1, 0.15) is 33.1 Å². The molecular weight excluding hydrogens is 228 g/mol. The van der Waals surface area contributed by atoms with Gasteiger partial charge in [0, 0.05) is 32.5 Å². The summed E-state index contributed by atoms with van der Waals surface area (Å²) in [5.74, 6) is 0.0231. The summed E-state index contributed by atoms with van der Waals surface area (Å²) in [5, 5.41) is 0. The third-order valence-corrected chi connectivity index (χ3v) is 3.07. The zero-order chi connectivity index (χ0) is 13.6. The molecule has 0 aliphatic rings. The number of hydrogen-bond donors (Lipinski definition) is 1. The molecule has 1 aromatic heterocycles. The molecule has 102 valence electrons. The van der Waals surface area contributed by atoms with E-state index < -0.39 is 5.54 Å². The summed E-state index contributed by atoms with van der Waals surface area (Å²) in [5.41, 5.74) is 5.29. The van der Waals surface area contributed by atoms with Gasteiger partial charge in [-0.2, -0.15) is 0 Å². The van der Waals surface area contributed by atoms with Gasteiger partial charge in [-0.05, 0) is 19.8 Å². The van der Waals surface area contributed by atoms with E-state index in [1.54, 1.807) is 17.4 Å². The standard InChI is InChI=1S/C13H24N4O/c1-4-6-13(2,14)12(18)16(3)8-5-9-17-10-7-15-11-17/h7,10-11H,4-6,8-9,14H2,1-3H3. The molecule has 0 bridgehead atoms. The highest BCUT2D eigenvalue weighted by atomic mass is 16.2. The van der Waals surface area contributed by atoms with Gasteiger partial charge in [-0.25, -0.2) is 4.98 Å². The molecule has 0 aliphatic heterocycles. The Labute approximate surface area is 109 Å². The number of nitrogens with two attached hydrogens (primary N) is 1. The molecule has 0 spiro atoms. The van der Waals surface area contributed by atoms with Gasteiger partial charge in [0.05, 0.1) is 11.9 Å². The second-order valence-corrected chi connectivity index (χ2v) is 5.05. The fourth-order valence-electron chi connectivity index (χ4n) is 2.07. The smallest absolute Gasteiger partial charge is 0.242 e. The summed E-state index contributed by atoms with van der Waals surface area (Å²) in [4.78, 5) is 17.8. The Kier molecular flexibility index (Phi) is 5.34. The molecule has 0 saturated carbocycles. The van der Waals surface area contributed by atoms with E-state index in [4.69, 9.17) is 5.73 Å². The predicted octanol–water partition coefficient (Wildman–Crippen LogP) is 1.25. The van der Waals surface area contributed by atoms with Crippen molar-refractivity contribution >= 4 is 5.91 Å². The van der Waals surface area contributed by atoms with E-state index in [1.807, 2.05) is 31.7 Å². The molecule has 0 aromatic carbocycles. The van der Waals surface area contributed by atoms with Crippen molar-refractivity contribution in [1.29, 1.82) is 0 Å². The lowest BCUT2D eigenvalue weighted by molar-refractivity contribution is -0.135. The number of hydrogen-bond acceptors (Lipinski definition) is 3. The van der Waals surface area contributed by atoms with Crippen molar-refractivity contribution < 1.29 is 4.79 Å². The fraction of sp³-hybridized carbons (Fsp3) is 0.692. The number of carbonyl (C=O) groups excluding carboxylic acids is 1. The molecule has 1 unspecified atom stereocenters. The monoisotopic (exact) mass is 252 g/mol. The van der Waals surface area contributed by atoms with Crippen LogP contribution in [0, 0.1) is 0 Å². The number of carbonyl (C=O) groups is 1. The van der Waals surface area contributed by atoms with Crippen LogP contribution >= 0.6 is 0 Å². The van der Waals surface area contributed by atoms with Gasteiger partial charge >= 0.3 is 0 Å². The Morgan fingerprint density at radius 2 is 2.28 bits per heavy atom. The molecule has 1 heterocycles. The molecule has 0 radical (unpaired) electrons. The van der Waals surface area contributed by atoms with Gasteiger partial charge in [-0.1, -0.05) is 13.3 Å². The predicted molar refractivity (Wildman–Crippen MR) is 72.0 cm³/mol. The topological polar surface area (TPSA) is 64.2 Å². The summed E-state index contributed by atoms with van der Waals surface area (Å²) in [6.45, 7) is 5.43. The normalized spacial score (nSPS) is 14.2. The van der Waals surface area contributed by atoms with Crippen LogP contribution in [0.25, 0.3) is 0 Å². The first-order valence-corrected chi connectivity index (χ1v) is 6.47. The molecule has 1 aromatic rings. The molecule has 2 N–H and O–H groups in total. The van der Waals surface area contributed by atoms with Crippen LogP contribution in [0.2, 0.25) is 0 Å². The zero-order valence-electron chi connectivity index (χ0n) is 11.6. The molecule has 5 nitrogen and oxygen atoms in total. The Morgan fingerprint density at radius 1 is 1.56 bits per heavy atom. The van der Waals surface area contributed by atoms with Gasteiger partial charge in [0.25, 0.3) is 0 Å². The van der Waals surface area contributed by atoms with Crippen LogP contribution < -0.4 is 5.73 Å². The Bertz CT molecular complexity index is 359. The van der Waals surface area contributed by atoms with Crippen LogP contribution in [-0.4, -0.2) is 39.5 Å². The number of aromatic nitrogens is 2. The Hall–Kier alpha value is -1.36. The lowest BCUT2D eigenvalue weighted by Gasteiger charge is -2.29. The van der Waals surface area contributed by atoms with Gasteiger partial charge in [-0.15, -0.1) is 0 Å². The molecular formula is C13H24N4O. The van der Waals surface area contributed by atoms with Crippen LogP contribution in [-0.2, 0) is 11.3 Å². The summed E-state index contributed by atoms with van der Waals surface area (Å²) in [7, 11) is 1.82. The van der Waals surface area contributed by atoms with Crippen molar-refractivity contribution in [2.24, 2.45) is 5.73 Å². The van der Waals surface area contributed by atoms with Gasteiger partial charge in [0.1, 0.15) is 0 Å². The third kappa shape index (κ3) is 4.14. The lowest BCUT2D eigenvalue weighted by atomic mass is 9.96. The molecule has 18 heavy (non-hydrogen) atoms. The highest BCUT2D eigenvalue weighted by Gasteiger charge is 2.29. The van der Waals surface area contributed by atoms with Gasteiger partial charge in [-0.3, -0.25) is 4.79 Å². The van der Waals surface area contributed by atoms with Gasteiger partial charge < -0.3 is 15.2 Å². The van der Waals surface area contributed by atoms with Crippen LogP contribution in [0.4, 0.5) is 0 Å². The number of amides is 1. The van der Waals surface area contributed by atoms with Crippen molar-refractivity contribution in [2.45, 2.75) is 45.2 Å². The Morgan fingerprint density at radius 3 is 2.83 bits per heavy atom. The van der Waals surface area contributed by atoms with Crippen LogP contribution in [0.3, 0.4) is 0 Å². The van der Waals surface area contributed by atoms with E-state index in [1.165, 1.54) is 0 Å². The average molecular weight is 252 g/mol. The van der Waals surface area contributed by atoms with E-state index in [-0.39, 0.29) is 5.91 Å². The minimum Gasteiger partial charge on any atom is -0.344 e. The maximum atomic E-state index is 12.1. The minimum atomic E-state index is -0.738. The SMILES string of the molecule is CCCC(C)(N)C(=O)N(C)CCCn1ccnc1. The summed E-state index contributed by atoms with van der Waals surface area (Å²) in [6, 6.07) is 0. The molecule has 0 saturated heterocycles. The molecule has 1 atom stereocenters. The highest BCUT2D eigenvalue weighted by molar-refractivity contribution is 5.85. The first-order valence-electron chi connectivity index (χ1n) is 6.47. The number of nitrogens with zero attached hydrogens (tertiary/aromatic N) is 3. The van der Waals surface area contributed by atoms with Crippen molar-refractivity contribution in [3.63, 3.8) is 0 Å². The quantitative estimate of drug-likeness (QED) is 0.794. The molecule has 5 heteroatoms. The fourth-order valence-corrected chi connectivity index (χ4v) is 2.07. The zero-order valence-corrected chi connectivity index (χ0v) is 11.6. The molecule has 0 aliphatic carbocycles. The van der Waals surface area contributed by atoms with E-state index in [2.05, 4.69) is 4.98 Å². The number of imidazole rings is 1. The van der Waals surface area contributed by atoms with E-state index >= 15 is 0 Å². The molecule has 1 amide bonds. The lowest BCUT2D eigenvalue weighted by Crippen LogP contribution is -2.52. The number of rotatable bonds is 7. The first kappa shape index (κ1) is 14.7. The second-order valence-electron chi connectivity index (χ2n) is 5.05. The van der Waals surface area contributed by atoms with Gasteiger partial charge in [0.2, 0.25) is 5.91 Å². The van der Waals surface area contributed by atoms with E-state index in [0.717, 1.165) is 25.8 Å². The minimum absolute atomic E-state index is 0.0231. The van der Waals surface area contributed by atoms with Crippen LogP contribution in [0.5, 0.6) is 0 Å². The number of aryl methyl sites for hydroxylation is 1. The van der Waals surface area contributed by atoms with Crippen molar-refractivity contribution in [3.8, 4) is 0 Å². The largest absolute Gasteiger partial charge is 0.344 e. The Balaban J connectivity index is 2.35. The average Bonchev–Trinajstić information content (AvgIpc) is 2.80. The summed E-state index contributed by atoms with van der Waals surface area (Å²) >= 11 is 0.